The summed E-state index contributed by atoms with van der Waals surface area (Å²) in [5.41, 5.74) is 1.88. The Kier molecular flexibility index (Phi) is 7.33. The molecular weight excluding hydrogens is 536 g/mol. The Morgan fingerprint density at radius 1 is 1.14 bits per heavy atom. The first-order valence-electron chi connectivity index (χ1n) is 10.7. The van der Waals surface area contributed by atoms with Crippen LogP contribution in [0, 0.1) is 0 Å². The van der Waals surface area contributed by atoms with E-state index in [1.54, 1.807) is 55.5 Å². The summed E-state index contributed by atoms with van der Waals surface area (Å²) in [6, 6.07) is 17.8. The minimum atomic E-state index is -0.868. The molecule has 1 aliphatic rings. The molecule has 0 radical (unpaired) electrons. The minimum Gasteiger partial charge on any atom is -0.504 e. The fourth-order valence-corrected chi connectivity index (χ4v) is 4.36. The topological polar surface area (TPSA) is 88.1 Å². The first kappa shape index (κ1) is 24.6. The molecule has 9 heteroatoms. The van der Waals surface area contributed by atoms with E-state index < -0.39 is 17.9 Å². The molecule has 1 unspecified atom stereocenters. The molecule has 0 fully saturated rings. The molecule has 1 aliphatic heterocycles. The average molecular weight is 558 g/mol. The maximum Gasteiger partial charge on any atom is 0.338 e. The molecule has 1 amide bonds. The van der Waals surface area contributed by atoms with E-state index in [2.05, 4.69) is 21.2 Å². The lowest BCUT2D eigenvalue weighted by Crippen LogP contribution is -2.31. The van der Waals surface area contributed by atoms with Crippen molar-refractivity contribution in [2.45, 2.75) is 13.0 Å². The largest absolute Gasteiger partial charge is 0.504 e. The fraction of sp³-hybridized carbons (Fsp3) is 0.154. The van der Waals surface area contributed by atoms with Crippen molar-refractivity contribution in [1.29, 1.82) is 0 Å². The summed E-state index contributed by atoms with van der Waals surface area (Å²) in [7, 11) is 1.43. The normalized spacial score (nSPS) is 15.4. The Labute approximate surface area is 216 Å². The molecule has 2 N–H and O–H groups in total. The van der Waals surface area contributed by atoms with Gasteiger partial charge in [-0.1, -0.05) is 39.7 Å². The average Bonchev–Trinajstić information content (AvgIpc) is 3.13. The Morgan fingerprint density at radius 3 is 2.54 bits per heavy atom. The van der Waals surface area contributed by atoms with Gasteiger partial charge in [0, 0.05) is 20.9 Å². The quantitative estimate of drug-likeness (QED) is 0.355. The number of phenols is 1. The number of anilines is 2. The number of benzene rings is 3. The van der Waals surface area contributed by atoms with Gasteiger partial charge in [-0.2, -0.15) is 0 Å². The van der Waals surface area contributed by atoms with Gasteiger partial charge in [-0.15, -0.1) is 0 Å². The molecule has 4 rings (SSSR count). The van der Waals surface area contributed by atoms with Crippen LogP contribution < -0.4 is 15.0 Å². The molecule has 0 saturated carbocycles. The lowest BCUT2D eigenvalue weighted by atomic mass is 9.98. The maximum atomic E-state index is 13.9. The van der Waals surface area contributed by atoms with Gasteiger partial charge in [0.15, 0.2) is 11.5 Å². The van der Waals surface area contributed by atoms with Gasteiger partial charge in [0.2, 0.25) is 0 Å². The van der Waals surface area contributed by atoms with Gasteiger partial charge in [-0.05, 0) is 67.1 Å². The van der Waals surface area contributed by atoms with Crippen LogP contribution in [0.3, 0.4) is 0 Å². The number of nitrogens with one attached hydrogen (secondary N) is 1. The summed E-state index contributed by atoms with van der Waals surface area (Å²) in [5, 5.41) is 13.7. The van der Waals surface area contributed by atoms with Crippen molar-refractivity contribution >= 4 is 50.8 Å². The number of nitrogens with zero attached hydrogens (tertiary/aromatic N) is 1. The van der Waals surface area contributed by atoms with Crippen LogP contribution in [0.2, 0.25) is 5.02 Å². The summed E-state index contributed by atoms with van der Waals surface area (Å²) in [6.07, 6.45) is 0. The van der Waals surface area contributed by atoms with Crippen LogP contribution in [0.15, 0.2) is 82.5 Å². The lowest BCUT2D eigenvalue weighted by molar-refractivity contribution is -0.138. The van der Waals surface area contributed by atoms with E-state index in [0.717, 1.165) is 4.47 Å². The molecule has 3 aromatic carbocycles. The zero-order chi connectivity index (χ0) is 25.1. The van der Waals surface area contributed by atoms with Gasteiger partial charge >= 0.3 is 5.97 Å². The zero-order valence-electron chi connectivity index (χ0n) is 18.9. The molecule has 35 heavy (non-hydrogen) atoms. The van der Waals surface area contributed by atoms with Crippen LogP contribution in [0.1, 0.15) is 18.5 Å². The summed E-state index contributed by atoms with van der Waals surface area (Å²) in [5.74, 6) is -0.930. The van der Waals surface area contributed by atoms with Crippen LogP contribution in [0.5, 0.6) is 11.5 Å². The summed E-state index contributed by atoms with van der Waals surface area (Å²) in [4.78, 5) is 28.6. The number of esters is 1. The number of carbonyl (C=O) groups excluding carboxylic acids is 2. The van der Waals surface area contributed by atoms with Gasteiger partial charge in [-0.3, -0.25) is 9.69 Å². The zero-order valence-corrected chi connectivity index (χ0v) is 21.3. The Morgan fingerprint density at radius 2 is 1.89 bits per heavy atom. The van der Waals surface area contributed by atoms with Crippen LogP contribution in [0.4, 0.5) is 11.4 Å². The summed E-state index contributed by atoms with van der Waals surface area (Å²) >= 11 is 9.64. The van der Waals surface area contributed by atoms with Gasteiger partial charge in [0.25, 0.3) is 5.91 Å². The van der Waals surface area contributed by atoms with Crippen molar-refractivity contribution in [3.63, 3.8) is 0 Å². The smallest absolute Gasteiger partial charge is 0.338 e. The maximum absolute atomic E-state index is 13.9. The summed E-state index contributed by atoms with van der Waals surface area (Å²) in [6.45, 7) is 1.83. The molecule has 7 nitrogen and oxygen atoms in total. The van der Waals surface area contributed by atoms with E-state index in [9.17, 15) is 14.7 Å². The minimum absolute atomic E-state index is 0.0650. The molecule has 3 aromatic rings. The standard InChI is InChI=1S/C26H22BrClN2O5/c1-3-35-26(33)22-23(29-18-10-8-16(27)9-11-18)25(32)30(19-6-4-5-17(28)14-19)24(22)15-7-12-20(31)21(13-15)34-2/h4-14,24,29,31H,3H2,1-2H3. The summed E-state index contributed by atoms with van der Waals surface area (Å²) < 4.78 is 11.5. The second kappa shape index (κ2) is 10.4. The predicted octanol–water partition coefficient (Wildman–Crippen LogP) is 5.83. The van der Waals surface area contributed by atoms with E-state index in [4.69, 9.17) is 21.1 Å². The number of hydrogen-bond donors (Lipinski definition) is 2. The molecule has 0 bridgehead atoms. The first-order valence-corrected chi connectivity index (χ1v) is 11.9. The number of carbonyl (C=O) groups is 2. The molecule has 0 aromatic heterocycles. The van der Waals surface area contributed by atoms with Gasteiger partial charge in [0.1, 0.15) is 5.70 Å². The highest BCUT2D eigenvalue weighted by Crippen LogP contribution is 2.44. The van der Waals surface area contributed by atoms with Gasteiger partial charge in [-0.25, -0.2) is 4.79 Å². The molecule has 1 heterocycles. The van der Waals surface area contributed by atoms with Crippen LogP contribution in [0.25, 0.3) is 0 Å². The van der Waals surface area contributed by atoms with Crippen molar-refractivity contribution in [3.8, 4) is 11.5 Å². The van der Waals surface area contributed by atoms with Crippen molar-refractivity contribution in [1.82, 2.24) is 0 Å². The van der Waals surface area contributed by atoms with Crippen molar-refractivity contribution in [2.24, 2.45) is 0 Å². The van der Waals surface area contributed by atoms with E-state index >= 15 is 0 Å². The number of amides is 1. The van der Waals surface area contributed by atoms with Crippen LogP contribution in [-0.2, 0) is 14.3 Å². The number of aromatic hydroxyl groups is 1. The number of phenolic OH excluding ortho intramolecular Hbond substituents is 1. The van der Waals surface area contributed by atoms with E-state index in [1.807, 2.05) is 12.1 Å². The van der Waals surface area contributed by atoms with Crippen LogP contribution in [-0.4, -0.2) is 30.7 Å². The third-order valence-corrected chi connectivity index (χ3v) is 6.21. The highest BCUT2D eigenvalue weighted by atomic mass is 79.9. The predicted molar refractivity (Wildman–Crippen MR) is 138 cm³/mol. The molecule has 1 atom stereocenters. The van der Waals surface area contributed by atoms with E-state index in [0.29, 0.717) is 22.0 Å². The number of hydrogen-bond acceptors (Lipinski definition) is 6. The number of ether oxygens (including phenoxy) is 2. The number of rotatable bonds is 7. The number of methoxy groups -OCH3 is 1. The van der Waals surface area contributed by atoms with E-state index in [1.165, 1.54) is 18.1 Å². The van der Waals surface area contributed by atoms with Crippen molar-refractivity contribution < 1.29 is 24.2 Å². The Balaban J connectivity index is 1.93. The second-order valence-electron chi connectivity index (χ2n) is 7.63. The highest BCUT2D eigenvalue weighted by molar-refractivity contribution is 9.10. The van der Waals surface area contributed by atoms with Crippen LogP contribution >= 0.6 is 27.5 Å². The Bertz CT molecular complexity index is 1310. The van der Waals surface area contributed by atoms with E-state index in [-0.39, 0.29) is 29.4 Å². The fourth-order valence-electron chi connectivity index (χ4n) is 3.91. The second-order valence-corrected chi connectivity index (χ2v) is 8.98. The number of halogens is 2. The monoisotopic (exact) mass is 556 g/mol. The lowest BCUT2D eigenvalue weighted by Gasteiger charge is -2.27. The molecule has 180 valence electrons. The third kappa shape index (κ3) is 4.99. The molecule has 0 spiro atoms. The first-order chi connectivity index (χ1) is 16.8. The highest BCUT2D eigenvalue weighted by Gasteiger charge is 2.45. The Hall–Kier alpha value is -3.49. The third-order valence-electron chi connectivity index (χ3n) is 5.45. The van der Waals surface area contributed by atoms with Crippen molar-refractivity contribution in [2.75, 3.05) is 23.9 Å². The molecule has 0 saturated heterocycles. The molecule has 0 aliphatic carbocycles. The van der Waals surface area contributed by atoms with Crippen molar-refractivity contribution in [3.05, 3.63) is 93.1 Å². The van der Waals surface area contributed by atoms with Gasteiger partial charge in [0.05, 0.1) is 25.3 Å². The molecular formula is C26H22BrClN2O5. The van der Waals surface area contributed by atoms with Gasteiger partial charge < -0.3 is 19.9 Å². The SMILES string of the molecule is CCOC(=O)C1=C(Nc2ccc(Br)cc2)C(=O)N(c2cccc(Cl)c2)C1c1ccc(O)c(OC)c1.